The summed E-state index contributed by atoms with van der Waals surface area (Å²) in [6, 6.07) is 0. The van der Waals surface area contributed by atoms with Gasteiger partial charge in [0.1, 0.15) is 24.6 Å². The van der Waals surface area contributed by atoms with Crippen LogP contribution in [0.3, 0.4) is 0 Å². The first-order chi connectivity index (χ1) is 14.2. The highest BCUT2D eigenvalue weighted by Gasteiger charge is 2.52. The Labute approximate surface area is 173 Å². The number of fused-ring (bicyclic) bond motifs is 3. The molecule has 3 aliphatic rings. The number of rotatable bonds is 6. The van der Waals surface area contributed by atoms with Crippen molar-refractivity contribution >= 4 is 17.7 Å². The predicted molar refractivity (Wildman–Crippen MR) is 104 cm³/mol. The van der Waals surface area contributed by atoms with Gasteiger partial charge in [0.25, 0.3) is 0 Å². The van der Waals surface area contributed by atoms with E-state index in [1.165, 1.54) is 12.2 Å². The molecule has 3 rings (SSSR count). The molecule has 0 saturated carbocycles. The minimum atomic E-state index is -1.35. The van der Waals surface area contributed by atoms with Gasteiger partial charge in [0.05, 0.1) is 24.7 Å². The zero-order valence-electron chi connectivity index (χ0n) is 16.5. The lowest BCUT2D eigenvalue weighted by atomic mass is 9.82. The van der Waals surface area contributed by atoms with Gasteiger partial charge in [-0.05, 0) is 13.0 Å². The Bertz CT molecular complexity index is 918. The van der Waals surface area contributed by atoms with Crippen molar-refractivity contribution in [2.75, 3.05) is 19.8 Å². The van der Waals surface area contributed by atoms with Gasteiger partial charge in [0, 0.05) is 23.6 Å². The van der Waals surface area contributed by atoms with Gasteiger partial charge in [-0.2, -0.15) is 0 Å². The van der Waals surface area contributed by atoms with E-state index in [2.05, 4.69) is 19.1 Å². The molecule has 0 aromatic rings. The molecule has 3 heterocycles. The van der Waals surface area contributed by atoms with E-state index >= 15 is 0 Å². The molecule has 0 amide bonds. The molecule has 30 heavy (non-hydrogen) atoms. The summed E-state index contributed by atoms with van der Waals surface area (Å²) in [5.41, 5.74) is -0.935. The van der Waals surface area contributed by atoms with E-state index in [0.29, 0.717) is 5.57 Å². The lowest BCUT2D eigenvalue weighted by Gasteiger charge is -2.31. The van der Waals surface area contributed by atoms with Gasteiger partial charge in [-0.15, -0.1) is 6.42 Å². The highest BCUT2D eigenvalue weighted by atomic mass is 16.6. The first kappa shape index (κ1) is 21.6. The van der Waals surface area contributed by atoms with Crippen LogP contribution in [0.1, 0.15) is 13.3 Å². The first-order valence-corrected chi connectivity index (χ1v) is 9.27. The number of ketones is 1. The molecule has 158 valence electrons. The van der Waals surface area contributed by atoms with Crippen molar-refractivity contribution in [2.45, 2.75) is 31.2 Å². The van der Waals surface area contributed by atoms with Crippen LogP contribution in [0.2, 0.25) is 0 Å². The minimum Gasteiger partial charge on any atom is -0.479 e. The second kappa shape index (κ2) is 8.30. The van der Waals surface area contributed by atoms with Crippen LogP contribution in [0.15, 0.2) is 47.8 Å². The van der Waals surface area contributed by atoms with Crippen molar-refractivity contribution in [3.05, 3.63) is 47.8 Å². The molecule has 8 nitrogen and oxygen atoms in total. The maximum absolute atomic E-state index is 12.6. The fourth-order valence-corrected chi connectivity index (χ4v) is 3.63. The van der Waals surface area contributed by atoms with Crippen LogP contribution < -0.4 is 0 Å². The highest BCUT2D eigenvalue weighted by molar-refractivity contribution is 6.00. The number of carbonyl (C=O) groups excluding carboxylic acids is 3. The summed E-state index contributed by atoms with van der Waals surface area (Å²) in [4.78, 5) is 37.4. The van der Waals surface area contributed by atoms with Crippen molar-refractivity contribution in [1.82, 2.24) is 0 Å². The van der Waals surface area contributed by atoms with Crippen molar-refractivity contribution in [2.24, 2.45) is 5.92 Å². The van der Waals surface area contributed by atoms with Crippen LogP contribution in [0.4, 0.5) is 0 Å². The minimum absolute atomic E-state index is 0.00314. The lowest BCUT2D eigenvalue weighted by Crippen LogP contribution is -2.43. The van der Waals surface area contributed by atoms with Crippen LogP contribution in [0.5, 0.6) is 0 Å². The number of carbonyl (C=O) groups is 3. The van der Waals surface area contributed by atoms with Crippen LogP contribution in [-0.2, 0) is 33.3 Å². The summed E-state index contributed by atoms with van der Waals surface area (Å²) < 4.78 is 21.9. The highest BCUT2D eigenvalue weighted by Crippen LogP contribution is 2.42. The Morgan fingerprint density at radius 2 is 2.20 bits per heavy atom. The van der Waals surface area contributed by atoms with E-state index in [0.717, 1.165) is 0 Å². The number of hydrogen-bond acceptors (Lipinski definition) is 8. The Balaban J connectivity index is 1.94. The topological polar surface area (TPSA) is 108 Å². The third-order valence-electron chi connectivity index (χ3n) is 5.23. The molecule has 0 radical (unpaired) electrons. The Morgan fingerprint density at radius 1 is 1.47 bits per heavy atom. The second-order valence-electron chi connectivity index (χ2n) is 7.43. The van der Waals surface area contributed by atoms with E-state index in [-0.39, 0.29) is 42.3 Å². The summed E-state index contributed by atoms with van der Waals surface area (Å²) in [5, 5.41) is 9.74. The largest absolute Gasteiger partial charge is 0.479 e. The molecule has 1 fully saturated rings. The molecule has 3 aliphatic heterocycles. The lowest BCUT2D eigenvalue weighted by molar-refractivity contribution is -0.154. The molecular formula is C22H22O8. The van der Waals surface area contributed by atoms with E-state index in [9.17, 15) is 19.5 Å². The first-order valence-electron chi connectivity index (χ1n) is 9.27. The Morgan fingerprint density at radius 3 is 2.87 bits per heavy atom. The van der Waals surface area contributed by atoms with Crippen LogP contribution >= 0.6 is 0 Å². The molecule has 2 unspecified atom stereocenters. The molecule has 1 saturated heterocycles. The number of terminal acetylenes is 1. The van der Waals surface area contributed by atoms with Crippen molar-refractivity contribution < 1.29 is 38.4 Å². The van der Waals surface area contributed by atoms with Gasteiger partial charge >= 0.3 is 11.9 Å². The van der Waals surface area contributed by atoms with E-state index in [1.54, 1.807) is 6.92 Å². The zero-order chi connectivity index (χ0) is 22.1. The molecular weight excluding hydrogens is 392 g/mol. The molecule has 0 aliphatic carbocycles. The fraction of sp³-hybridized carbons (Fsp3) is 0.409. The fourth-order valence-electron chi connectivity index (χ4n) is 3.63. The Hall–Kier alpha value is -3.15. The smallest absolute Gasteiger partial charge is 0.336 e. The molecule has 1 N–H and O–H groups in total. The molecule has 0 aromatic carbocycles. The Kier molecular flexibility index (Phi) is 5.97. The maximum Gasteiger partial charge on any atom is 0.336 e. The van der Waals surface area contributed by atoms with E-state index in [1.807, 2.05) is 0 Å². The van der Waals surface area contributed by atoms with Crippen LogP contribution in [0, 0.1) is 18.3 Å². The summed E-state index contributed by atoms with van der Waals surface area (Å²) in [7, 11) is 0. The average Bonchev–Trinajstić information content (AvgIpc) is 3.15. The van der Waals surface area contributed by atoms with Crippen LogP contribution in [0.25, 0.3) is 0 Å². The second-order valence-corrected chi connectivity index (χ2v) is 7.43. The van der Waals surface area contributed by atoms with Crippen molar-refractivity contribution in [3.8, 4) is 12.3 Å². The molecule has 0 spiro atoms. The van der Waals surface area contributed by atoms with Crippen molar-refractivity contribution in [1.29, 1.82) is 0 Å². The van der Waals surface area contributed by atoms with Gasteiger partial charge in [0.2, 0.25) is 5.78 Å². The number of aliphatic hydroxyl groups excluding tert-OH is 1. The van der Waals surface area contributed by atoms with Gasteiger partial charge in [-0.3, -0.25) is 4.79 Å². The molecule has 2 bridgehead atoms. The number of esters is 2. The monoisotopic (exact) mass is 414 g/mol. The molecule has 8 heteroatoms. The van der Waals surface area contributed by atoms with E-state index < -0.39 is 42.3 Å². The standard InChI is InChI=1S/C22H22O8/c1-5-6-27-11-12(2)20(25)29-17-9-22(4)18(24)8-15(30-22)14(10-23)7-16-19(17)13(3)21(26)28-16/h1,7-8,16-17,19,23H,2-3,6,9-11H2,4H3/b14-7-/t16-,17?,19?,22+/m0/s1. The molecule has 4 atom stereocenters. The van der Waals surface area contributed by atoms with E-state index in [4.69, 9.17) is 25.4 Å². The zero-order valence-corrected chi connectivity index (χ0v) is 16.5. The predicted octanol–water partition coefficient (Wildman–Crippen LogP) is 0.766. The van der Waals surface area contributed by atoms with Crippen LogP contribution in [-0.4, -0.2) is 60.5 Å². The maximum atomic E-state index is 12.6. The normalized spacial score (nSPS) is 31.6. The summed E-state index contributed by atoms with van der Waals surface area (Å²) in [6.45, 7) is 8.40. The summed E-state index contributed by atoms with van der Waals surface area (Å²) in [6.07, 6.45) is 5.99. The van der Waals surface area contributed by atoms with Gasteiger partial charge in [-0.25, -0.2) is 9.59 Å². The van der Waals surface area contributed by atoms with Gasteiger partial charge in [-0.1, -0.05) is 19.1 Å². The third-order valence-corrected chi connectivity index (χ3v) is 5.23. The van der Waals surface area contributed by atoms with Crippen molar-refractivity contribution in [3.63, 3.8) is 0 Å². The number of aliphatic hydroxyl groups is 1. The quantitative estimate of drug-likeness (QED) is 0.294. The summed E-state index contributed by atoms with van der Waals surface area (Å²) >= 11 is 0. The molecule has 0 aromatic heterocycles. The number of ether oxygens (including phenoxy) is 4. The average molecular weight is 414 g/mol. The van der Waals surface area contributed by atoms with Gasteiger partial charge < -0.3 is 24.1 Å². The van der Waals surface area contributed by atoms with Gasteiger partial charge in [0.15, 0.2) is 5.60 Å². The third kappa shape index (κ3) is 3.95. The SMILES string of the molecule is C#CCOCC(=C)C(=O)OC1C[C@@]2(C)OC(=CC2=O)/C(CO)=C\[C@@H]2OC(=O)C(=C)C12. The summed E-state index contributed by atoms with van der Waals surface area (Å²) in [5.74, 6) is -0.0560. The number of hydrogen-bond donors (Lipinski definition) is 1.